The van der Waals surface area contributed by atoms with E-state index in [1.54, 1.807) is 7.11 Å². The van der Waals surface area contributed by atoms with Gasteiger partial charge in [-0.1, -0.05) is 13.0 Å². The zero-order valence-electron chi connectivity index (χ0n) is 9.71. The van der Waals surface area contributed by atoms with Gasteiger partial charge >= 0.3 is 0 Å². The molecule has 0 fully saturated rings. The fraction of sp³-hybridized carbons (Fsp3) is 0.538. The highest BCUT2D eigenvalue weighted by molar-refractivity contribution is 5.49. The maximum atomic E-state index is 6.18. The van der Waals surface area contributed by atoms with Gasteiger partial charge in [0.1, 0.15) is 5.75 Å². The average molecular weight is 205 g/mol. The molecule has 15 heavy (non-hydrogen) atoms. The van der Waals surface area contributed by atoms with E-state index in [4.69, 9.17) is 10.5 Å². The quantitative estimate of drug-likeness (QED) is 0.765. The summed E-state index contributed by atoms with van der Waals surface area (Å²) in [5.41, 5.74) is 10.1. The molecule has 0 saturated heterocycles. The molecule has 0 aromatic heterocycles. The van der Waals surface area contributed by atoms with Crippen LogP contribution in [0.4, 0.5) is 0 Å². The van der Waals surface area contributed by atoms with Gasteiger partial charge in [-0.3, -0.25) is 0 Å². The Bertz CT molecular complexity index is 373. The summed E-state index contributed by atoms with van der Waals surface area (Å²) in [5.74, 6) is 1.56. The van der Waals surface area contributed by atoms with Crippen LogP contribution in [0.3, 0.4) is 0 Å². The Morgan fingerprint density at radius 2 is 2.00 bits per heavy atom. The van der Waals surface area contributed by atoms with Crippen molar-refractivity contribution in [3.05, 3.63) is 28.8 Å². The third kappa shape index (κ3) is 1.63. The number of methoxy groups -OCH3 is 1. The first-order valence-electron chi connectivity index (χ1n) is 5.58. The summed E-state index contributed by atoms with van der Waals surface area (Å²) in [7, 11) is 1.73. The van der Waals surface area contributed by atoms with Gasteiger partial charge in [-0.05, 0) is 42.9 Å². The van der Waals surface area contributed by atoms with E-state index < -0.39 is 0 Å². The Kier molecular flexibility index (Phi) is 2.70. The number of nitrogens with two attached hydrogens (primary N) is 1. The van der Waals surface area contributed by atoms with E-state index >= 15 is 0 Å². The minimum atomic E-state index is 0.186. The highest BCUT2D eigenvalue weighted by Crippen LogP contribution is 2.42. The molecule has 0 bridgehead atoms. The number of fused-ring (bicyclic) bond motifs is 1. The van der Waals surface area contributed by atoms with E-state index in [0.717, 1.165) is 18.6 Å². The summed E-state index contributed by atoms with van der Waals surface area (Å²) in [6.45, 7) is 4.39. The van der Waals surface area contributed by atoms with Crippen molar-refractivity contribution in [2.45, 2.75) is 38.6 Å². The molecular weight excluding hydrogens is 186 g/mol. The maximum absolute atomic E-state index is 6.18. The number of ether oxygens (including phenoxy) is 1. The third-order valence-corrected chi connectivity index (χ3v) is 3.46. The standard InChI is InChI=1S/C13H19NO/c1-8-5-7-11(15-3)13-9(2)4-6-10(14)12(8)13/h5,7,9-10H,4,6,14H2,1-3H3/t9?,10-/m0/s1. The molecule has 2 rings (SSSR count). The molecule has 0 heterocycles. The van der Waals surface area contributed by atoms with Crippen molar-refractivity contribution in [3.63, 3.8) is 0 Å². The van der Waals surface area contributed by atoms with Gasteiger partial charge in [0.2, 0.25) is 0 Å². The average Bonchev–Trinajstić information content (AvgIpc) is 2.23. The lowest BCUT2D eigenvalue weighted by Gasteiger charge is -2.30. The van der Waals surface area contributed by atoms with E-state index in [0.29, 0.717) is 5.92 Å². The molecule has 1 aromatic carbocycles. The fourth-order valence-electron chi connectivity index (χ4n) is 2.62. The molecule has 1 aliphatic carbocycles. The molecule has 1 unspecified atom stereocenters. The highest BCUT2D eigenvalue weighted by atomic mass is 16.5. The van der Waals surface area contributed by atoms with Gasteiger partial charge in [0.25, 0.3) is 0 Å². The van der Waals surface area contributed by atoms with Gasteiger partial charge < -0.3 is 10.5 Å². The predicted molar refractivity (Wildman–Crippen MR) is 62.3 cm³/mol. The highest BCUT2D eigenvalue weighted by Gasteiger charge is 2.26. The Labute approximate surface area is 91.4 Å². The summed E-state index contributed by atoms with van der Waals surface area (Å²) >= 11 is 0. The normalized spacial score (nSPS) is 24.8. The number of hydrogen-bond donors (Lipinski definition) is 1. The molecule has 2 N–H and O–H groups in total. The van der Waals surface area contributed by atoms with Crippen molar-refractivity contribution in [2.75, 3.05) is 7.11 Å². The predicted octanol–water partition coefficient (Wildman–Crippen LogP) is 2.90. The number of aryl methyl sites for hydroxylation is 1. The molecule has 1 aliphatic rings. The summed E-state index contributed by atoms with van der Waals surface area (Å²) < 4.78 is 5.43. The van der Waals surface area contributed by atoms with E-state index in [2.05, 4.69) is 26.0 Å². The molecule has 0 aliphatic heterocycles. The van der Waals surface area contributed by atoms with Crippen LogP contribution in [0.25, 0.3) is 0 Å². The number of rotatable bonds is 1. The molecular formula is C13H19NO. The lowest BCUT2D eigenvalue weighted by molar-refractivity contribution is 0.394. The Hall–Kier alpha value is -1.02. The number of benzene rings is 1. The second kappa shape index (κ2) is 3.86. The first kappa shape index (κ1) is 10.5. The molecule has 0 radical (unpaired) electrons. The second-order valence-corrected chi connectivity index (χ2v) is 4.50. The molecule has 0 spiro atoms. The Morgan fingerprint density at radius 3 is 2.67 bits per heavy atom. The Morgan fingerprint density at radius 1 is 1.27 bits per heavy atom. The van der Waals surface area contributed by atoms with Crippen molar-refractivity contribution >= 4 is 0 Å². The largest absolute Gasteiger partial charge is 0.496 e. The van der Waals surface area contributed by atoms with Crippen molar-refractivity contribution in [1.29, 1.82) is 0 Å². The lowest BCUT2D eigenvalue weighted by atomic mass is 9.79. The van der Waals surface area contributed by atoms with Crippen molar-refractivity contribution in [1.82, 2.24) is 0 Å². The summed E-state index contributed by atoms with van der Waals surface area (Å²) in [4.78, 5) is 0. The van der Waals surface area contributed by atoms with Crippen LogP contribution in [0.15, 0.2) is 12.1 Å². The van der Waals surface area contributed by atoms with Gasteiger partial charge in [-0.2, -0.15) is 0 Å². The van der Waals surface area contributed by atoms with Crippen LogP contribution in [-0.4, -0.2) is 7.11 Å². The maximum Gasteiger partial charge on any atom is 0.122 e. The molecule has 2 atom stereocenters. The minimum Gasteiger partial charge on any atom is -0.496 e. The molecule has 1 aromatic rings. The van der Waals surface area contributed by atoms with Crippen LogP contribution in [0.2, 0.25) is 0 Å². The Balaban J connectivity index is 2.63. The zero-order valence-corrected chi connectivity index (χ0v) is 9.71. The summed E-state index contributed by atoms with van der Waals surface area (Å²) in [5, 5.41) is 0. The first-order chi connectivity index (χ1) is 7.15. The molecule has 0 amide bonds. The van der Waals surface area contributed by atoms with Gasteiger partial charge in [-0.25, -0.2) is 0 Å². The third-order valence-electron chi connectivity index (χ3n) is 3.46. The van der Waals surface area contributed by atoms with Crippen LogP contribution < -0.4 is 10.5 Å². The zero-order chi connectivity index (χ0) is 11.0. The van der Waals surface area contributed by atoms with E-state index in [1.807, 2.05) is 0 Å². The summed E-state index contributed by atoms with van der Waals surface area (Å²) in [6, 6.07) is 4.35. The topological polar surface area (TPSA) is 35.2 Å². The van der Waals surface area contributed by atoms with Crippen LogP contribution in [-0.2, 0) is 0 Å². The van der Waals surface area contributed by atoms with Crippen LogP contribution in [0, 0.1) is 6.92 Å². The first-order valence-corrected chi connectivity index (χ1v) is 5.58. The van der Waals surface area contributed by atoms with E-state index in [9.17, 15) is 0 Å². The van der Waals surface area contributed by atoms with Crippen molar-refractivity contribution in [2.24, 2.45) is 5.73 Å². The van der Waals surface area contributed by atoms with Gasteiger partial charge in [0.15, 0.2) is 0 Å². The van der Waals surface area contributed by atoms with Crippen molar-refractivity contribution < 1.29 is 4.74 Å². The van der Waals surface area contributed by atoms with Gasteiger partial charge in [-0.15, -0.1) is 0 Å². The lowest BCUT2D eigenvalue weighted by Crippen LogP contribution is -2.21. The minimum absolute atomic E-state index is 0.186. The molecule has 0 saturated carbocycles. The van der Waals surface area contributed by atoms with Crippen LogP contribution in [0.5, 0.6) is 5.75 Å². The molecule has 2 nitrogen and oxygen atoms in total. The summed E-state index contributed by atoms with van der Waals surface area (Å²) in [6.07, 6.45) is 2.25. The van der Waals surface area contributed by atoms with E-state index in [1.165, 1.54) is 16.7 Å². The second-order valence-electron chi connectivity index (χ2n) is 4.50. The van der Waals surface area contributed by atoms with E-state index in [-0.39, 0.29) is 6.04 Å². The van der Waals surface area contributed by atoms with Crippen LogP contribution >= 0.6 is 0 Å². The number of hydrogen-bond acceptors (Lipinski definition) is 2. The van der Waals surface area contributed by atoms with Crippen LogP contribution in [0.1, 0.15) is 48.4 Å². The molecule has 2 heteroatoms. The SMILES string of the molecule is COc1ccc(C)c2c1C(C)CC[C@@H]2N. The van der Waals surface area contributed by atoms with Crippen molar-refractivity contribution in [3.8, 4) is 5.75 Å². The fourth-order valence-corrected chi connectivity index (χ4v) is 2.62. The smallest absolute Gasteiger partial charge is 0.122 e. The van der Waals surface area contributed by atoms with Gasteiger partial charge in [0, 0.05) is 11.6 Å². The monoisotopic (exact) mass is 205 g/mol. The molecule has 82 valence electrons. The van der Waals surface area contributed by atoms with Gasteiger partial charge in [0.05, 0.1) is 7.11 Å².